The summed E-state index contributed by atoms with van der Waals surface area (Å²) in [7, 11) is 0. The van der Waals surface area contributed by atoms with Gasteiger partial charge >= 0.3 is 6.03 Å². The zero-order chi connectivity index (χ0) is 19.5. The zero-order valence-electron chi connectivity index (χ0n) is 15.7. The summed E-state index contributed by atoms with van der Waals surface area (Å²) in [6.07, 6.45) is 0.833. The summed E-state index contributed by atoms with van der Waals surface area (Å²) in [4.78, 5) is 15.0. The van der Waals surface area contributed by atoms with Gasteiger partial charge in [-0.15, -0.1) is 0 Å². The molecular formula is C24H21N3O. The monoisotopic (exact) mass is 367 g/mol. The molecule has 4 rings (SSSR count). The fraction of sp³-hybridized carbons (Fsp3) is 0.167. The van der Waals surface area contributed by atoms with Gasteiger partial charge in [-0.05, 0) is 54.3 Å². The Hall–Kier alpha value is -3.58. The van der Waals surface area contributed by atoms with Gasteiger partial charge in [0.15, 0.2) is 0 Å². The molecule has 1 aliphatic heterocycles. The van der Waals surface area contributed by atoms with Crippen LogP contribution in [0.1, 0.15) is 33.9 Å². The van der Waals surface area contributed by atoms with Crippen molar-refractivity contribution in [1.82, 2.24) is 4.90 Å². The van der Waals surface area contributed by atoms with E-state index in [4.69, 9.17) is 5.26 Å². The number of hydrogen-bond donors (Lipinski definition) is 1. The second kappa shape index (κ2) is 7.58. The van der Waals surface area contributed by atoms with E-state index in [2.05, 4.69) is 60.8 Å². The largest absolute Gasteiger partial charge is 0.322 e. The first-order chi connectivity index (χ1) is 13.7. The molecular weight excluding hydrogens is 346 g/mol. The molecule has 4 nitrogen and oxygen atoms in total. The van der Waals surface area contributed by atoms with Crippen molar-refractivity contribution in [2.75, 3.05) is 11.9 Å². The summed E-state index contributed by atoms with van der Waals surface area (Å²) >= 11 is 0. The molecule has 4 heteroatoms. The van der Waals surface area contributed by atoms with Gasteiger partial charge in [0, 0.05) is 12.2 Å². The van der Waals surface area contributed by atoms with E-state index in [1.165, 1.54) is 16.7 Å². The normalized spacial score (nSPS) is 15.4. The Kier molecular flexibility index (Phi) is 4.82. The van der Waals surface area contributed by atoms with Gasteiger partial charge in [0.1, 0.15) is 0 Å². The van der Waals surface area contributed by atoms with Crippen molar-refractivity contribution in [3.63, 3.8) is 0 Å². The molecule has 0 fully saturated rings. The Bertz CT molecular complexity index is 1030. The number of hydrogen-bond acceptors (Lipinski definition) is 2. The zero-order valence-corrected chi connectivity index (χ0v) is 15.7. The van der Waals surface area contributed by atoms with Crippen molar-refractivity contribution >= 4 is 11.7 Å². The fourth-order valence-corrected chi connectivity index (χ4v) is 3.72. The topological polar surface area (TPSA) is 56.1 Å². The van der Waals surface area contributed by atoms with Crippen LogP contribution in [0.15, 0.2) is 72.8 Å². The minimum absolute atomic E-state index is 0.121. The van der Waals surface area contributed by atoms with Gasteiger partial charge in [-0.2, -0.15) is 5.26 Å². The molecule has 0 radical (unpaired) electrons. The molecule has 1 N–H and O–H groups in total. The maximum absolute atomic E-state index is 13.1. The summed E-state index contributed by atoms with van der Waals surface area (Å²) in [5.41, 5.74) is 6.02. The number of carbonyl (C=O) groups excluding carboxylic acids is 1. The highest BCUT2D eigenvalue weighted by Gasteiger charge is 2.31. The Morgan fingerprint density at radius 3 is 2.46 bits per heavy atom. The average Bonchev–Trinajstić information content (AvgIpc) is 2.74. The van der Waals surface area contributed by atoms with Gasteiger partial charge in [0.25, 0.3) is 0 Å². The molecule has 0 bridgehead atoms. The van der Waals surface area contributed by atoms with E-state index in [-0.39, 0.29) is 12.1 Å². The second-order valence-electron chi connectivity index (χ2n) is 7.07. The van der Waals surface area contributed by atoms with Crippen LogP contribution in [0.4, 0.5) is 10.5 Å². The third-order valence-corrected chi connectivity index (χ3v) is 5.20. The third-order valence-electron chi connectivity index (χ3n) is 5.20. The lowest BCUT2D eigenvalue weighted by Gasteiger charge is -2.37. The first-order valence-electron chi connectivity index (χ1n) is 9.38. The fourth-order valence-electron chi connectivity index (χ4n) is 3.72. The number of benzene rings is 3. The molecule has 1 atom stereocenters. The van der Waals surface area contributed by atoms with Crippen LogP contribution in [-0.2, 0) is 6.42 Å². The summed E-state index contributed by atoms with van der Waals surface area (Å²) < 4.78 is 0. The molecule has 0 spiro atoms. The van der Waals surface area contributed by atoms with Crippen LogP contribution in [-0.4, -0.2) is 17.5 Å². The molecule has 1 unspecified atom stereocenters. The number of nitrogens with one attached hydrogen (secondary N) is 1. The average molecular weight is 367 g/mol. The minimum Gasteiger partial charge on any atom is -0.313 e. The molecule has 1 heterocycles. The molecule has 3 aromatic carbocycles. The summed E-state index contributed by atoms with van der Waals surface area (Å²) in [5, 5.41) is 11.9. The highest BCUT2D eigenvalue weighted by molar-refractivity contribution is 5.90. The highest BCUT2D eigenvalue weighted by atomic mass is 16.2. The van der Waals surface area contributed by atoms with Crippen molar-refractivity contribution in [3.8, 4) is 6.07 Å². The standard InChI is InChI=1S/C24H21N3O/c1-17-6-10-20(11-7-17)23-22-5-3-2-4-19(22)14-15-27(23)24(28)26-21-12-8-18(16-25)9-13-21/h2-13,23H,14-15H2,1H3,(H,26,28). The summed E-state index contributed by atoms with van der Waals surface area (Å²) in [6.45, 7) is 2.71. The van der Waals surface area contributed by atoms with Crippen LogP contribution in [0, 0.1) is 18.3 Å². The molecule has 0 saturated carbocycles. The van der Waals surface area contributed by atoms with Gasteiger partial charge in [0.2, 0.25) is 0 Å². The van der Waals surface area contributed by atoms with Crippen molar-refractivity contribution in [3.05, 3.63) is 101 Å². The van der Waals surface area contributed by atoms with Crippen LogP contribution in [0.5, 0.6) is 0 Å². The number of rotatable bonds is 2. The van der Waals surface area contributed by atoms with Crippen molar-refractivity contribution in [2.24, 2.45) is 0 Å². The van der Waals surface area contributed by atoms with Crippen LogP contribution in [0.25, 0.3) is 0 Å². The number of amides is 2. The van der Waals surface area contributed by atoms with Gasteiger partial charge in [-0.1, -0.05) is 54.1 Å². The summed E-state index contributed by atoms with van der Waals surface area (Å²) in [6, 6.07) is 25.5. The quantitative estimate of drug-likeness (QED) is 0.689. The lowest BCUT2D eigenvalue weighted by molar-refractivity contribution is 0.194. The third kappa shape index (κ3) is 3.47. The Morgan fingerprint density at radius 1 is 1.04 bits per heavy atom. The number of aryl methyl sites for hydroxylation is 1. The van der Waals surface area contributed by atoms with Crippen LogP contribution in [0.3, 0.4) is 0 Å². The van der Waals surface area contributed by atoms with Gasteiger partial charge in [-0.25, -0.2) is 4.79 Å². The molecule has 2 amide bonds. The van der Waals surface area contributed by atoms with Crippen molar-refractivity contribution in [1.29, 1.82) is 5.26 Å². The number of anilines is 1. The Morgan fingerprint density at radius 2 is 1.75 bits per heavy atom. The van der Waals surface area contributed by atoms with Crippen LogP contribution >= 0.6 is 0 Å². The Labute approximate surface area is 165 Å². The predicted molar refractivity (Wildman–Crippen MR) is 110 cm³/mol. The van der Waals surface area contributed by atoms with E-state index >= 15 is 0 Å². The smallest absolute Gasteiger partial charge is 0.313 e. The molecule has 138 valence electrons. The van der Waals surface area contributed by atoms with E-state index < -0.39 is 0 Å². The minimum atomic E-state index is -0.134. The number of carbonyl (C=O) groups is 1. The maximum atomic E-state index is 13.1. The van der Waals surface area contributed by atoms with Gasteiger partial charge in [0.05, 0.1) is 17.7 Å². The number of nitriles is 1. The molecule has 0 saturated heterocycles. The predicted octanol–water partition coefficient (Wildman–Crippen LogP) is 5.05. The molecule has 3 aromatic rings. The number of urea groups is 1. The second-order valence-corrected chi connectivity index (χ2v) is 7.07. The molecule has 0 aromatic heterocycles. The van der Waals surface area contributed by atoms with Gasteiger partial charge < -0.3 is 10.2 Å². The van der Waals surface area contributed by atoms with E-state index in [0.29, 0.717) is 17.8 Å². The summed E-state index contributed by atoms with van der Waals surface area (Å²) in [5.74, 6) is 0. The highest BCUT2D eigenvalue weighted by Crippen LogP contribution is 2.35. The van der Waals surface area contributed by atoms with Crippen LogP contribution in [0.2, 0.25) is 0 Å². The molecule has 0 aliphatic carbocycles. The van der Waals surface area contributed by atoms with E-state index in [1.54, 1.807) is 24.3 Å². The van der Waals surface area contributed by atoms with Crippen LogP contribution < -0.4 is 5.32 Å². The lowest BCUT2D eigenvalue weighted by Crippen LogP contribution is -2.43. The van der Waals surface area contributed by atoms with E-state index in [9.17, 15) is 4.79 Å². The number of fused-ring (bicyclic) bond motifs is 1. The van der Waals surface area contributed by atoms with E-state index in [0.717, 1.165) is 12.0 Å². The van der Waals surface area contributed by atoms with Gasteiger partial charge in [-0.3, -0.25) is 0 Å². The maximum Gasteiger partial charge on any atom is 0.322 e. The van der Waals surface area contributed by atoms with Crippen molar-refractivity contribution in [2.45, 2.75) is 19.4 Å². The first-order valence-corrected chi connectivity index (χ1v) is 9.38. The SMILES string of the molecule is Cc1ccc(C2c3ccccc3CCN2C(=O)Nc2ccc(C#N)cc2)cc1. The Balaban J connectivity index is 1.67. The molecule has 28 heavy (non-hydrogen) atoms. The molecule has 1 aliphatic rings. The lowest BCUT2D eigenvalue weighted by atomic mass is 9.88. The van der Waals surface area contributed by atoms with E-state index in [1.807, 2.05) is 11.0 Å². The number of nitrogens with zero attached hydrogens (tertiary/aromatic N) is 2. The van der Waals surface area contributed by atoms with Crippen molar-refractivity contribution < 1.29 is 4.79 Å². The first kappa shape index (κ1) is 17.8.